The van der Waals surface area contributed by atoms with Crippen molar-refractivity contribution in [2.24, 2.45) is 4.99 Å². The number of amidine groups is 1. The van der Waals surface area contributed by atoms with Crippen molar-refractivity contribution in [2.45, 2.75) is 13.1 Å². The average Bonchev–Trinajstić information content (AvgIpc) is 2.83. The van der Waals surface area contributed by atoms with Gasteiger partial charge in [0.1, 0.15) is 35.9 Å². The van der Waals surface area contributed by atoms with Crippen molar-refractivity contribution in [2.75, 3.05) is 48.9 Å². The molecule has 0 saturated carbocycles. The summed E-state index contributed by atoms with van der Waals surface area (Å²) in [5.74, 6) is 2.31. The zero-order chi connectivity index (χ0) is 22.8. The predicted molar refractivity (Wildman–Crippen MR) is 132 cm³/mol. The van der Waals surface area contributed by atoms with Gasteiger partial charge in [-0.25, -0.2) is 9.98 Å². The van der Waals surface area contributed by atoms with Gasteiger partial charge >= 0.3 is 0 Å². The maximum absolute atomic E-state index is 6.35. The second kappa shape index (κ2) is 9.25. The van der Waals surface area contributed by atoms with E-state index in [1.54, 1.807) is 12.3 Å². The molecule has 2 aliphatic rings. The van der Waals surface area contributed by atoms with Crippen LogP contribution >= 0.6 is 11.6 Å². The number of halogens is 1. The van der Waals surface area contributed by atoms with E-state index in [9.17, 15) is 0 Å². The van der Waals surface area contributed by atoms with E-state index >= 15 is 0 Å². The quantitative estimate of drug-likeness (QED) is 0.583. The summed E-state index contributed by atoms with van der Waals surface area (Å²) in [6.07, 6.45) is 1.43. The lowest BCUT2D eigenvalue weighted by molar-refractivity contribution is 0.139. The Morgan fingerprint density at radius 2 is 2.18 bits per heavy atom. The first-order valence-electron chi connectivity index (χ1n) is 10.9. The molecular formula is C24H25ClN6O2. The molecule has 3 aromatic rings. The van der Waals surface area contributed by atoms with Crippen LogP contribution in [0, 0.1) is 0 Å². The summed E-state index contributed by atoms with van der Waals surface area (Å²) < 4.78 is 11.4. The molecule has 170 valence electrons. The van der Waals surface area contributed by atoms with Crippen molar-refractivity contribution >= 4 is 34.6 Å². The number of ether oxygens (including phenoxy) is 2. The van der Waals surface area contributed by atoms with Crippen LogP contribution in [-0.2, 0) is 4.74 Å². The van der Waals surface area contributed by atoms with Gasteiger partial charge in [-0.15, -0.1) is 0 Å². The number of aliphatic imine (C=N–C) groups is 1. The van der Waals surface area contributed by atoms with Gasteiger partial charge in [0.15, 0.2) is 0 Å². The molecule has 2 aliphatic heterocycles. The van der Waals surface area contributed by atoms with Crippen molar-refractivity contribution in [3.8, 4) is 17.1 Å². The number of nitrogens with zero attached hydrogens (tertiary/aromatic N) is 4. The fourth-order valence-electron chi connectivity index (χ4n) is 3.86. The van der Waals surface area contributed by atoms with Crippen molar-refractivity contribution in [1.29, 1.82) is 0 Å². The van der Waals surface area contributed by atoms with Gasteiger partial charge in [-0.05, 0) is 49.4 Å². The first-order valence-corrected chi connectivity index (χ1v) is 11.3. The lowest BCUT2D eigenvalue weighted by Crippen LogP contribution is -2.33. The Kier molecular flexibility index (Phi) is 6.02. The van der Waals surface area contributed by atoms with E-state index in [4.69, 9.17) is 31.1 Å². The minimum absolute atomic E-state index is 0.273. The predicted octanol–water partition coefficient (Wildman–Crippen LogP) is 4.27. The van der Waals surface area contributed by atoms with Crippen molar-refractivity contribution in [3.63, 3.8) is 0 Å². The minimum atomic E-state index is -0.273. The highest BCUT2D eigenvalue weighted by Crippen LogP contribution is 2.34. The smallest absolute Gasteiger partial charge is 0.145 e. The summed E-state index contributed by atoms with van der Waals surface area (Å²) in [6, 6.07) is 13.5. The van der Waals surface area contributed by atoms with Gasteiger partial charge in [0.05, 0.1) is 35.1 Å². The van der Waals surface area contributed by atoms with Gasteiger partial charge in [-0.2, -0.15) is 0 Å². The molecule has 0 bridgehead atoms. The van der Waals surface area contributed by atoms with Crippen LogP contribution in [0.5, 0.6) is 5.75 Å². The van der Waals surface area contributed by atoms with E-state index in [2.05, 4.69) is 33.6 Å². The van der Waals surface area contributed by atoms with Crippen molar-refractivity contribution in [1.82, 2.24) is 9.97 Å². The molecule has 5 rings (SSSR count). The van der Waals surface area contributed by atoms with E-state index in [1.807, 2.05) is 37.3 Å². The van der Waals surface area contributed by atoms with E-state index in [1.165, 1.54) is 0 Å². The third-order valence-electron chi connectivity index (χ3n) is 5.54. The minimum Gasteiger partial charge on any atom is -0.490 e. The number of nitrogens with one attached hydrogen (secondary N) is 2. The van der Waals surface area contributed by atoms with E-state index in [0.717, 1.165) is 35.1 Å². The maximum Gasteiger partial charge on any atom is 0.145 e. The average molecular weight is 465 g/mol. The number of aromatic nitrogens is 2. The molecule has 0 spiro atoms. The molecule has 0 fully saturated rings. The molecule has 1 aromatic carbocycles. The molecular weight excluding hydrogens is 440 g/mol. The highest BCUT2D eigenvalue weighted by molar-refractivity contribution is 6.32. The van der Waals surface area contributed by atoms with Crippen LogP contribution in [0.2, 0.25) is 5.02 Å². The number of pyridine rings is 2. The van der Waals surface area contributed by atoms with Gasteiger partial charge < -0.3 is 25.0 Å². The monoisotopic (exact) mass is 464 g/mol. The van der Waals surface area contributed by atoms with Crippen LogP contribution in [0.1, 0.15) is 12.5 Å². The van der Waals surface area contributed by atoms with Gasteiger partial charge in [0.25, 0.3) is 0 Å². The maximum atomic E-state index is 6.35. The standard InChI is InChI=1S/C24H25ClN6O2/c1-3-32-14-21-29-23(27-15-6-9-20-19(13-15)31(2)11-12-33-20)16-7-8-18(28-24(16)30-21)22-17(25)5-4-10-26-22/h4-10,13,21H,3,11-12,14H2,1-2H3,(H,27,29)(H,28,30). The third kappa shape index (κ3) is 4.44. The molecule has 1 unspecified atom stereocenters. The molecule has 2 aromatic heterocycles. The summed E-state index contributed by atoms with van der Waals surface area (Å²) in [6.45, 7) is 4.54. The second-order valence-electron chi connectivity index (χ2n) is 7.80. The Morgan fingerprint density at radius 3 is 3.03 bits per heavy atom. The highest BCUT2D eigenvalue weighted by Gasteiger charge is 2.24. The van der Waals surface area contributed by atoms with Gasteiger partial charge in [-0.3, -0.25) is 4.98 Å². The molecule has 0 amide bonds. The Balaban J connectivity index is 1.49. The number of hydrogen-bond acceptors (Lipinski definition) is 8. The van der Waals surface area contributed by atoms with Crippen molar-refractivity contribution < 1.29 is 9.47 Å². The van der Waals surface area contributed by atoms with E-state index < -0.39 is 0 Å². The molecule has 2 N–H and O–H groups in total. The Hall–Kier alpha value is -3.36. The van der Waals surface area contributed by atoms with Crippen LogP contribution < -0.4 is 20.3 Å². The number of benzene rings is 1. The lowest BCUT2D eigenvalue weighted by atomic mass is 10.1. The highest BCUT2D eigenvalue weighted by atomic mass is 35.5. The van der Waals surface area contributed by atoms with Gasteiger partial charge in [0.2, 0.25) is 0 Å². The fourth-order valence-corrected chi connectivity index (χ4v) is 4.07. The summed E-state index contributed by atoms with van der Waals surface area (Å²) in [5, 5.41) is 7.40. The second-order valence-corrected chi connectivity index (χ2v) is 8.21. The Labute approximate surface area is 197 Å². The first kappa shape index (κ1) is 21.5. The summed E-state index contributed by atoms with van der Waals surface area (Å²) in [5.41, 5.74) is 4.16. The molecule has 9 heteroatoms. The lowest BCUT2D eigenvalue weighted by Gasteiger charge is -2.29. The van der Waals surface area contributed by atoms with Crippen LogP contribution in [0.15, 0.2) is 53.7 Å². The molecule has 33 heavy (non-hydrogen) atoms. The van der Waals surface area contributed by atoms with Crippen LogP contribution in [0.25, 0.3) is 11.4 Å². The summed E-state index contributed by atoms with van der Waals surface area (Å²) >= 11 is 6.35. The normalized spacial score (nSPS) is 16.8. The van der Waals surface area contributed by atoms with Crippen molar-refractivity contribution in [3.05, 3.63) is 59.2 Å². The molecule has 8 nitrogen and oxygen atoms in total. The van der Waals surface area contributed by atoms with Crippen LogP contribution in [-0.4, -0.2) is 55.4 Å². The summed E-state index contributed by atoms with van der Waals surface area (Å²) in [7, 11) is 2.06. The van der Waals surface area contributed by atoms with Gasteiger partial charge in [0, 0.05) is 25.5 Å². The first-order chi connectivity index (χ1) is 16.1. The fraction of sp³-hybridized carbons (Fsp3) is 0.292. The Bertz CT molecular complexity index is 1200. The van der Waals surface area contributed by atoms with E-state index in [0.29, 0.717) is 42.0 Å². The Morgan fingerprint density at radius 1 is 1.27 bits per heavy atom. The zero-order valence-corrected chi connectivity index (χ0v) is 19.3. The number of fused-ring (bicyclic) bond motifs is 2. The molecule has 1 atom stereocenters. The number of rotatable bonds is 5. The largest absolute Gasteiger partial charge is 0.490 e. The topological polar surface area (TPSA) is 83.9 Å². The van der Waals surface area contributed by atoms with Crippen LogP contribution in [0.4, 0.5) is 17.2 Å². The molecule has 0 saturated heterocycles. The van der Waals surface area contributed by atoms with Crippen LogP contribution in [0.3, 0.4) is 0 Å². The number of anilines is 3. The molecule has 0 aliphatic carbocycles. The number of likely N-dealkylation sites (N-methyl/N-ethyl adjacent to an activating group) is 1. The van der Waals surface area contributed by atoms with Gasteiger partial charge in [-0.1, -0.05) is 11.6 Å². The number of hydrogen-bond donors (Lipinski definition) is 2. The van der Waals surface area contributed by atoms with E-state index in [-0.39, 0.29) is 6.17 Å². The molecule has 4 heterocycles. The third-order valence-corrected chi connectivity index (χ3v) is 5.84. The molecule has 0 radical (unpaired) electrons. The summed E-state index contributed by atoms with van der Waals surface area (Å²) in [4.78, 5) is 16.2. The SMILES string of the molecule is CCOCC1N=C(Nc2ccc3c(c2)N(C)CCO3)c2ccc(-c3ncccc3Cl)nc2N1. The zero-order valence-electron chi connectivity index (χ0n) is 18.5.